The molecule has 0 aliphatic carbocycles. The van der Waals surface area contributed by atoms with Crippen LogP contribution in [-0.4, -0.2) is 11.9 Å². The summed E-state index contributed by atoms with van der Waals surface area (Å²) in [5.74, 6) is -0.376. The Morgan fingerprint density at radius 3 is 2.26 bits per heavy atom. The number of halogens is 2. The Morgan fingerprint density at radius 1 is 1.04 bits per heavy atom. The monoisotopic (exact) mass is 349 g/mol. The fourth-order valence-electron chi connectivity index (χ4n) is 2.17. The molecule has 0 bridgehead atoms. The second-order valence-corrected chi connectivity index (χ2v) is 6.11. The first-order valence-corrected chi connectivity index (χ1v) is 7.85. The number of amides is 1. The number of hydrogen-bond donors (Lipinski definition) is 3. The number of nitrogens with one attached hydrogen (secondary N) is 3. The van der Waals surface area contributed by atoms with Crippen molar-refractivity contribution in [2.45, 2.75) is 19.8 Å². The average molecular weight is 350 g/mol. The highest BCUT2D eigenvalue weighted by Gasteiger charge is 2.16. The molecule has 0 fully saturated rings. The molecule has 0 radical (unpaired) electrons. The molecule has 1 amide bonds. The largest absolute Gasteiger partial charge is 0.326 e. The van der Waals surface area contributed by atoms with Gasteiger partial charge < -0.3 is 5.32 Å². The fraction of sp³-hybridized carbons (Fsp3) is 0.176. The summed E-state index contributed by atoms with van der Waals surface area (Å²) in [6.45, 7) is 4.12. The molecule has 0 aliphatic rings. The molecule has 0 aliphatic heterocycles. The lowest BCUT2D eigenvalue weighted by molar-refractivity contribution is 0.0977. The van der Waals surface area contributed by atoms with Crippen molar-refractivity contribution in [3.05, 3.63) is 63.6 Å². The van der Waals surface area contributed by atoms with Crippen LogP contribution in [0, 0.1) is 5.41 Å². The van der Waals surface area contributed by atoms with E-state index in [0.29, 0.717) is 5.92 Å². The van der Waals surface area contributed by atoms with E-state index >= 15 is 0 Å². The van der Waals surface area contributed by atoms with E-state index in [1.807, 2.05) is 24.3 Å². The topological polar surface area (TPSA) is 65.0 Å². The van der Waals surface area contributed by atoms with Crippen LogP contribution in [0.3, 0.4) is 0 Å². The van der Waals surface area contributed by atoms with E-state index in [1.165, 1.54) is 0 Å². The number of carbonyl (C=O) groups excluding carboxylic acids is 1. The molecule has 120 valence electrons. The van der Waals surface area contributed by atoms with Gasteiger partial charge in [-0.05, 0) is 29.7 Å². The van der Waals surface area contributed by atoms with E-state index in [-0.39, 0.29) is 21.6 Å². The van der Waals surface area contributed by atoms with Crippen LogP contribution in [0.4, 0.5) is 5.69 Å². The Balaban J connectivity index is 2.13. The molecular weight excluding hydrogens is 333 g/mol. The van der Waals surface area contributed by atoms with Gasteiger partial charge in [-0.2, -0.15) is 0 Å². The van der Waals surface area contributed by atoms with Crippen LogP contribution in [0.2, 0.25) is 10.0 Å². The van der Waals surface area contributed by atoms with Crippen LogP contribution >= 0.6 is 23.2 Å². The summed E-state index contributed by atoms with van der Waals surface area (Å²) in [4.78, 5) is 12.2. The SMILES string of the molecule is CC(C)c1ccccc1NC(=N)NC(=O)c1c(Cl)cccc1Cl. The van der Waals surface area contributed by atoms with Gasteiger partial charge in [-0.25, -0.2) is 0 Å². The molecule has 0 spiro atoms. The third kappa shape index (κ3) is 4.24. The number of hydrogen-bond acceptors (Lipinski definition) is 2. The Labute approximate surface area is 145 Å². The highest BCUT2D eigenvalue weighted by Crippen LogP contribution is 2.25. The van der Waals surface area contributed by atoms with Crippen molar-refractivity contribution in [2.24, 2.45) is 0 Å². The molecule has 0 unspecified atom stereocenters. The van der Waals surface area contributed by atoms with E-state index in [2.05, 4.69) is 24.5 Å². The summed E-state index contributed by atoms with van der Waals surface area (Å²) in [6.07, 6.45) is 0. The summed E-state index contributed by atoms with van der Waals surface area (Å²) < 4.78 is 0. The zero-order valence-corrected chi connectivity index (χ0v) is 14.3. The van der Waals surface area contributed by atoms with Crippen molar-refractivity contribution >= 4 is 40.8 Å². The van der Waals surface area contributed by atoms with Crippen molar-refractivity contribution in [1.82, 2.24) is 5.32 Å². The minimum atomic E-state index is -0.528. The summed E-state index contributed by atoms with van der Waals surface area (Å²) in [5, 5.41) is 13.8. The van der Waals surface area contributed by atoms with Gasteiger partial charge in [0, 0.05) is 5.69 Å². The standard InChI is InChI=1S/C17H17Cl2N3O/c1-10(2)11-6-3-4-9-14(11)21-17(20)22-16(23)15-12(18)7-5-8-13(15)19/h3-10H,1-2H3,(H3,20,21,22,23). The van der Waals surface area contributed by atoms with Crippen LogP contribution in [0.25, 0.3) is 0 Å². The minimum absolute atomic E-state index is 0.140. The molecule has 0 saturated heterocycles. The zero-order valence-electron chi connectivity index (χ0n) is 12.8. The van der Waals surface area contributed by atoms with E-state index in [0.717, 1.165) is 11.3 Å². The van der Waals surface area contributed by atoms with Gasteiger partial charge >= 0.3 is 0 Å². The summed E-state index contributed by atoms with van der Waals surface area (Å²) in [7, 11) is 0. The van der Waals surface area contributed by atoms with Crippen molar-refractivity contribution in [1.29, 1.82) is 5.41 Å². The third-order valence-corrected chi connectivity index (χ3v) is 3.90. The molecule has 2 aromatic carbocycles. The lowest BCUT2D eigenvalue weighted by atomic mass is 10.0. The summed E-state index contributed by atoms with van der Waals surface area (Å²) in [6, 6.07) is 12.5. The average Bonchev–Trinajstić information content (AvgIpc) is 2.47. The summed E-state index contributed by atoms with van der Waals surface area (Å²) in [5.41, 5.74) is 1.99. The Morgan fingerprint density at radius 2 is 1.65 bits per heavy atom. The molecule has 2 aromatic rings. The first kappa shape index (κ1) is 17.3. The Kier molecular flexibility index (Phi) is 5.64. The van der Waals surface area contributed by atoms with Crippen molar-refractivity contribution < 1.29 is 4.79 Å². The van der Waals surface area contributed by atoms with Crippen molar-refractivity contribution in [3.8, 4) is 0 Å². The van der Waals surface area contributed by atoms with Gasteiger partial charge in [-0.1, -0.05) is 61.3 Å². The lowest BCUT2D eigenvalue weighted by Gasteiger charge is -2.15. The number of rotatable bonds is 3. The van der Waals surface area contributed by atoms with Gasteiger partial charge in [0.15, 0.2) is 5.96 Å². The molecule has 0 heterocycles. The zero-order chi connectivity index (χ0) is 17.0. The second-order valence-electron chi connectivity index (χ2n) is 5.29. The molecule has 3 N–H and O–H groups in total. The maximum absolute atomic E-state index is 12.2. The molecule has 0 saturated carbocycles. The van der Waals surface area contributed by atoms with E-state index in [9.17, 15) is 4.79 Å². The van der Waals surface area contributed by atoms with Crippen LogP contribution in [0.1, 0.15) is 35.7 Å². The van der Waals surface area contributed by atoms with E-state index < -0.39 is 5.91 Å². The number of para-hydroxylation sites is 1. The fourth-order valence-corrected chi connectivity index (χ4v) is 2.74. The third-order valence-electron chi connectivity index (χ3n) is 3.27. The van der Waals surface area contributed by atoms with Crippen LogP contribution in [0.5, 0.6) is 0 Å². The molecule has 23 heavy (non-hydrogen) atoms. The second kappa shape index (κ2) is 7.49. The maximum atomic E-state index is 12.2. The lowest BCUT2D eigenvalue weighted by Crippen LogP contribution is -2.35. The first-order valence-electron chi connectivity index (χ1n) is 7.10. The highest BCUT2D eigenvalue weighted by atomic mass is 35.5. The van der Waals surface area contributed by atoms with Gasteiger partial charge in [-0.3, -0.25) is 15.5 Å². The summed E-state index contributed by atoms with van der Waals surface area (Å²) >= 11 is 12.0. The number of carbonyl (C=O) groups is 1. The number of benzene rings is 2. The van der Waals surface area contributed by atoms with Crippen LogP contribution in [0.15, 0.2) is 42.5 Å². The number of guanidine groups is 1. The van der Waals surface area contributed by atoms with Gasteiger partial charge in [0.25, 0.3) is 5.91 Å². The van der Waals surface area contributed by atoms with Crippen LogP contribution in [-0.2, 0) is 0 Å². The molecule has 2 rings (SSSR count). The predicted octanol–water partition coefficient (Wildman–Crippen LogP) is 4.89. The van der Waals surface area contributed by atoms with Crippen molar-refractivity contribution in [3.63, 3.8) is 0 Å². The van der Waals surface area contributed by atoms with E-state index in [4.69, 9.17) is 28.6 Å². The Bertz CT molecular complexity index is 724. The molecule has 0 atom stereocenters. The maximum Gasteiger partial charge on any atom is 0.260 e. The molecule has 6 heteroatoms. The predicted molar refractivity (Wildman–Crippen MR) is 95.8 cm³/mol. The number of anilines is 1. The molecule has 4 nitrogen and oxygen atoms in total. The van der Waals surface area contributed by atoms with Gasteiger partial charge in [0.1, 0.15) is 0 Å². The normalized spacial score (nSPS) is 10.5. The first-order chi connectivity index (χ1) is 10.9. The molecule has 0 aromatic heterocycles. The Hall–Kier alpha value is -2.04. The smallest absolute Gasteiger partial charge is 0.260 e. The van der Waals surface area contributed by atoms with Gasteiger partial charge in [-0.15, -0.1) is 0 Å². The van der Waals surface area contributed by atoms with E-state index in [1.54, 1.807) is 18.2 Å². The van der Waals surface area contributed by atoms with Crippen molar-refractivity contribution in [2.75, 3.05) is 5.32 Å². The van der Waals surface area contributed by atoms with Gasteiger partial charge in [0.2, 0.25) is 0 Å². The van der Waals surface area contributed by atoms with Gasteiger partial charge in [0.05, 0.1) is 15.6 Å². The van der Waals surface area contributed by atoms with Crippen LogP contribution < -0.4 is 10.6 Å². The minimum Gasteiger partial charge on any atom is -0.326 e. The quantitative estimate of drug-likeness (QED) is 0.545. The molecular formula is C17H17Cl2N3O. The highest BCUT2D eigenvalue weighted by molar-refractivity contribution is 6.40.